The van der Waals surface area contributed by atoms with E-state index in [9.17, 15) is 4.79 Å². The normalized spacial score (nSPS) is 18.4. The number of hydrogen-bond donors (Lipinski definition) is 1. The fourth-order valence-electron chi connectivity index (χ4n) is 1.56. The number of nitrogens with two attached hydrogens (primary N) is 1. The van der Waals surface area contributed by atoms with Crippen molar-refractivity contribution < 1.29 is 9.63 Å². The second-order valence-corrected chi connectivity index (χ2v) is 3.81. The number of carbonyl (C=O) groups is 1. The molecule has 14 heavy (non-hydrogen) atoms. The average Bonchev–Trinajstić information content (AvgIpc) is 2.28. The molecule has 1 saturated heterocycles. The lowest BCUT2D eigenvalue weighted by atomic mass is 9.93. The van der Waals surface area contributed by atoms with E-state index in [0.29, 0.717) is 26.0 Å². The summed E-state index contributed by atoms with van der Waals surface area (Å²) in [4.78, 5) is 17.3. The van der Waals surface area contributed by atoms with Crippen molar-refractivity contribution in [1.82, 2.24) is 5.06 Å². The molecule has 4 nitrogen and oxygen atoms in total. The number of rotatable bonds is 3. The molecular weight excluding hydrogens is 180 g/mol. The first kappa shape index (κ1) is 11.5. The van der Waals surface area contributed by atoms with Crippen molar-refractivity contribution in [1.29, 1.82) is 0 Å². The van der Waals surface area contributed by atoms with Gasteiger partial charge in [-0.15, -0.1) is 0 Å². The minimum atomic E-state index is -0.739. The van der Waals surface area contributed by atoms with E-state index >= 15 is 0 Å². The van der Waals surface area contributed by atoms with Crippen molar-refractivity contribution >= 4 is 5.91 Å². The maximum Gasteiger partial charge on any atom is 0.266 e. The molecule has 0 aromatic rings. The van der Waals surface area contributed by atoms with Crippen LogP contribution in [0.2, 0.25) is 0 Å². The van der Waals surface area contributed by atoms with E-state index in [1.54, 1.807) is 0 Å². The Kier molecular flexibility index (Phi) is 3.89. The fraction of sp³-hybridized carbons (Fsp3) is 0.900. The number of amides is 1. The SMILES string of the molecule is CCC(N)(CC)C(=O)N1CCCCO1. The monoisotopic (exact) mass is 200 g/mol. The minimum Gasteiger partial charge on any atom is -0.317 e. The van der Waals surface area contributed by atoms with Crippen LogP contribution in [-0.4, -0.2) is 29.7 Å². The average molecular weight is 200 g/mol. The zero-order chi connectivity index (χ0) is 10.6. The second-order valence-electron chi connectivity index (χ2n) is 3.81. The Balaban J connectivity index is 2.61. The van der Waals surface area contributed by atoms with Gasteiger partial charge in [0.2, 0.25) is 0 Å². The van der Waals surface area contributed by atoms with Crippen LogP contribution >= 0.6 is 0 Å². The van der Waals surface area contributed by atoms with Crippen LogP contribution < -0.4 is 5.73 Å². The van der Waals surface area contributed by atoms with E-state index in [2.05, 4.69) is 0 Å². The van der Waals surface area contributed by atoms with Gasteiger partial charge in [0.1, 0.15) is 0 Å². The van der Waals surface area contributed by atoms with E-state index < -0.39 is 5.54 Å². The summed E-state index contributed by atoms with van der Waals surface area (Å²) in [6.07, 6.45) is 3.35. The smallest absolute Gasteiger partial charge is 0.266 e. The zero-order valence-corrected chi connectivity index (χ0v) is 9.08. The van der Waals surface area contributed by atoms with Crippen molar-refractivity contribution in [2.24, 2.45) is 5.73 Å². The molecule has 1 aliphatic rings. The summed E-state index contributed by atoms with van der Waals surface area (Å²) in [5.74, 6) is -0.0674. The van der Waals surface area contributed by atoms with Crippen molar-refractivity contribution in [3.05, 3.63) is 0 Å². The van der Waals surface area contributed by atoms with Gasteiger partial charge in [-0.2, -0.15) is 0 Å². The van der Waals surface area contributed by atoms with Gasteiger partial charge in [-0.3, -0.25) is 9.63 Å². The molecule has 0 unspecified atom stereocenters. The number of nitrogens with zero attached hydrogens (tertiary/aromatic N) is 1. The van der Waals surface area contributed by atoms with Crippen LogP contribution in [0.3, 0.4) is 0 Å². The molecule has 0 bridgehead atoms. The molecule has 0 saturated carbocycles. The maximum absolute atomic E-state index is 12.0. The highest BCUT2D eigenvalue weighted by Crippen LogP contribution is 2.18. The first-order chi connectivity index (χ1) is 6.64. The zero-order valence-electron chi connectivity index (χ0n) is 9.08. The number of carbonyl (C=O) groups excluding carboxylic acids is 1. The lowest BCUT2D eigenvalue weighted by molar-refractivity contribution is -0.202. The third-order valence-electron chi connectivity index (χ3n) is 2.92. The van der Waals surface area contributed by atoms with Crippen molar-refractivity contribution in [2.75, 3.05) is 13.2 Å². The quantitative estimate of drug-likeness (QED) is 0.741. The first-order valence-electron chi connectivity index (χ1n) is 5.38. The first-order valence-corrected chi connectivity index (χ1v) is 5.38. The molecule has 0 radical (unpaired) electrons. The Morgan fingerprint density at radius 2 is 2.07 bits per heavy atom. The molecule has 4 heteroatoms. The Bertz CT molecular complexity index is 196. The molecule has 1 fully saturated rings. The molecule has 1 aliphatic heterocycles. The molecule has 0 aliphatic carbocycles. The molecule has 0 atom stereocenters. The molecule has 0 aromatic carbocycles. The summed E-state index contributed by atoms with van der Waals surface area (Å²) >= 11 is 0. The lowest BCUT2D eigenvalue weighted by Gasteiger charge is -2.34. The highest BCUT2D eigenvalue weighted by atomic mass is 16.7. The Hall–Kier alpha value is -0.610. The summed E-state index contributed by atoms with van der Waals surface area (Å²) in [7, 11) is 0. The van der Waals surface area contributed by atoms with E-state index in [4.69, 9.17) is 10.6 Å². The summed E-state index contributed by atoms with van der Waals surface area (Å²) in [6, 6.07) is 0. The van der Waals surface area contributed by atoms with E-state index in [1.165, 1.54) is 5.06 Å². The standard InChI is InChI=1S/C10H20N2O2/c1-3-10(11,4-2)9(13)12-7-5-6-8-14-12/h3-8,11H2,1-2H3. The van der Waals surface area contributed by atoms with Crippen molar-refractivity contribution in [2.45, 2.75) is 45.1 Å². The van der Waals surface area contributed by atoms with Gasteiger partial charge in [0.05, 0.1) is 12.1 Å². The van der Waals surface area contributed by atoms with Gasteiger partial charge in [0.25, 0.3) is 5.91 Å². The van der Waals surface area contributed by atoms with Gasteiger partial charge in [-0.1, -0.05) is 13.8 Å². The van der Waals surface area contributed by atoms with E-state index in [0.717, 1.165) is 12.8 Å². The van der Waals surface area contributed by atoms with Crippen molar-refractivity contribution in [3.8, 4) is 0 Å². The Morgan fingerprint density at radius 3 is 2.50 bits per heavy atom. The van der Waals surface area contributed by atoms with Crippen LogP contribution in [0.4, 0.5) is 0 Å². The summed E-state index contributed by atoms with van der Waals surface area (Å²) in [5.41, 5.74) is 5.26. The lowest BCUT2D eigenvalue weighted by Crippen LogP contribution is -2.55. The van der Waals surface area contributed by atoms with Gasteiger partial charge in [0.15, 0.2) is 0 Å². The van der Waals surface area contributed by atoms with Crippen LogP contribution in [0.5, 0.6) is 0 Å². The summed E-state index contributed by atoms with van der Waals surface area (Å²) in [5, 5.41) is 1.44. The molecule has 0 spiro atoms. The topological polar surface area (TPSA) is 55.6 Å². The van der Waals surface area contributed by atoms with Gasteiger partial charge < -0.3 is 5.73 Å². The predicted molar refractivity (Wildman–Crippen MR) is 54.4 cm³/mol. The second kappa shape index (κ2) is 4.75. The largest absolute Gasteiger partial charge is 0.317 e. The number of hydroxylamine groups is 2. The highest BCUT2D eigenvalue weighted by Gasteiger charge is 2.35. The molecular formula is C10H20N2O2. The maximum atomic E-state index is 12.0. The Morgan fingerprint density at radius 1 is 1.43 bits per heavy atom. The summed E-state index contributed by atoms with van der Waals surface area (Å²) in [6.45, 7) is 5.18. The van der Waals surface area contributed by atoms with Crippen molar-refractivity contribution in [3.63, 3.8) is 0 Å². The third-order valence-corrected chi connectivity index (χ3v) is 2.92. The molecule has 1 heterocycles. The molecule has 1 rings (SSSR count). The van der Waals surface area contributed by atoms with Gasteiger partial charge in [-0.05, 0) is 25.7 Å². The molecule has 2 N–H and O–H groups in total. The van der Waals surface area contributed by atoms with E-state index in [1.807, 2.05) is 13.8 Å². The van der Waals surface area contributed by atoms with Gasteiger partial charge >= 0.3 is 0 Å². The molecule has 82 valence electrons. The molecule has 1 amide bonds. The van der Waals surface area contributed by atoms with Gasteiger partial charge in [-0.25, -0.2) is 5.06 Å². The summed E-state index contributed by atoms with van der Waals surface area (Å²) < 4.78 is 0. The third kappa shape index (κ3) is 2.25. The van der Waals surface area contributed by atoms with Crippen LogP contribution in [0.25, 0.3) is 0 Å². The van der Waals surface area contributed by atoms with Crippen LogP contribution in [0.15, 0.2) is 0 Å². The highest BCUT2D eigenvalue weighted by molar-refractivity contribution is 5.85. The predicted octanol–water partition coefficient (Wildman–Crippen LogP) is 1.06. The van der Waals surface area contributed by atoms with Gasteiger partial charge in [0, 0.05) is 6.54 Å². The van der Waals surface area contributed by atoms with Crippen LogP contribution in [0.1, 0.15) is 39.5 Å². The molecule has 0 aromatic heterocycles. The van der Waals surface area contributed by atoms with Crippen LogP contribution in [0, 0.1) is 0 Å². The minimum absolute atomic E-state index is 0.0674. The fourth-order valence-corrected chi connectivity index (χ4v) is 1.56. The van der Waals surface area contributed by atoms with E-state index in [-0.39, 0.29) is 5.91 Å². The van der Waals surface area contributed by atoms with Crippen LogP contribution in [-0.2, 0) is 9.63 Å². The number of hydrogen-bond acceptors (Lipinski definition) is 3. The Labute approximate surface area is 85.3 Å².